The summed E-state index contributed by atoms with van der Waals surface area (Å²) < 4.78 is 5.63. The number of carbonyl (C=O) groups is 2. The van der Waals surface area contributed by atoms with Crippen molar-refractivity contribution in [2.24, 2.45) is 0 Å². The molecule has 1 atom stereocenters. The number of benzene rings is 2. The SMILES string of the molecule is Nc1ccc(NC(=O)COc2cccc(C(=O)Nc3nc4c(s3)CC(N3CCN(C5CC5)CC3)CC4)c2)cc1. The highest BCUT2D eigenvalue weighted by atomic mass is 32.1. The molecule has 0 spiro atoms. The van der Waals surface area contributed by atoms with Crippen molar-refractivity contribution in [3.63, 3.8) is 0 Å². The molecule has 1 aromatic heterocycles. The summed E-state index contributed by atoms with van der Waals surface area (Å²) in [7, 11) is 0. The van der Waals surface area contributed by atoms with Gasteiger partial charge >= 0.3 is 0 Å². The van der Waals surface area contributed by atoms with Crippen molar-refractivity contribution in [1.29, 1.82) is 0 Å². The number of thiazole rings is 1. The Hall–Kier alpha value is -3.47. The van der Waals surface area contributed by atoms with Crippen LogP contribution in [0.25, 0.3) is 0 Å². The summed E-state index contributed by atoms with van der Waals surface area (Å²) in [5.41, 5.74) is 8.51. The Balaban J connectivity index is 1.01. The van der Waals surface area contributed by atoms with Gasteiger partial charge in [-0.25, -0.2) is 4.98 Å². The van der Waals surface area contributed by atoms with E-state index in [1.165, 1.54) is 30.8 Å². The number of aromatic nitrogens is 1. The molecule has 1 saturated carbocycles. The smallest absolute Gasteiger partial charge is 0.262 e. The maximum absolute atomic E-state index is 13.0. The molecule has 2 fully saturated rings. The number of nitrogens with zero attached hydrogens (tertiary/aromatic N) is 3. The Bertz CT molecular complexity index is 1330. The fourth-order valence-electron chi connectivity index (χ4n) is 5.44. The van der Waals surface area contributed by atoms with Gasteiger partial charge in [0.25, 0.3) is 11.8 Å². The third kappa shape index (κ3) is 6.41. The molecule has 204 valence electrons. The molecule has 6 rings (SSSR count). The molecule has 2 heterocycles. The molecule has 2 aromatic carbocycles. The molecule has 1 unspecified atom stereocenters. The topological polar surface area (TPSA) is 113 Å². The van der Waals surface area contributed by atoms with Crippen molar-refractivity contribution in [3.05, 3.63) is 64.7 Å². The van der Waals surface area contributed by atoms with Gasteiger partial charge in [-0.1, -0.05) is 6.07 Å². The first-order chi connectivity index (χ1) is 19.0. The summed E-state index contributed by atoms with van der Waals surface area (Å²) in [4.78, 5) is 36.6. The number of hydrogen-bond donors (Lipinski definition) is 3. The molecule has 0 bridgehead atoms. The number of rotatable bonds is 8. The van der Waals surface area contributed by atoms with E-state index >= 15 is 0 Å². The molecular formula is C29H34N6O3S. The zero-order chi connectivity index (χ0) is 26.8. The highest BCUT2D eigenvalue weighted by Gasteiger charge is 2.34. The summed E-state index contributed by atoms with van der Waals surface area (Å²) in [6.07, 6.45) is 5.84. The number of nitrogen functional groups attached to an aromatic ring is 1. The highest BCUT2D eigenvalue weighted by molar-refractivity contribution is 7.15. The molecular weight excluding hydrogens is 512 g/mol. The van der Waals surface area contributed by atoms with Gasteiger partial charge in [0.05, 0.1) is 5.69 Å². The zero-order valence-corrected chi connectivity index (χ0v) is 22.7. The minimum Gasteiger partial charge on any atom is -0.484 e. The third-order valence-electron chi connectivity index (χ3n) is 7.72. The Labute approximate surface area is 232 Å². The normalized spacial score (nSPS) is 19.7. The van der Waals surface area contributed by atoms with Gasteiger partial charge in [0.2, 0.25) is 0 Å². The minimum atomic E-state index is -0.300. The minimum absolute atomic E-state index is 0.175. The van der Waals surface area contributed by atoms with Crippen molar-refractivity contribution in [3.8, 4) is 5.75 Å². The van der Waals surface area contributed by atoms with E-state index in [9.17, 15) is 9.59 Å². The standard InChI is InChI=1S/C29H34N6O3S/c30-20-4-6-21(7-5-20)31-27(36)18-38-24-3-1-2-19(16-24)28(37)33-29-32-25-11-10-23(17-26(25)39-29)35-14-12-34(13-15-35)22-8-9-22/h1-7,16,22-23H,8-15,17-18,30H2,(H,31,36)(H,32,33,37). The van der Waals surface area contributed by atoms with Crippen molar-refractivity contribution < 1.29 is 14.3 Å². The fourth-order valence-corrected chi connectivity index (χ4v) is 6.51. The Morgan fingerprint density at radius 2 is 1.72 bits per heavy atom. The van der Waals surface area contributed by atoms with Gasteiger partial charge in [-0.3, -0.25) is 24.7 Å². The molecule has 1 aliphatic heterocycles. The molecule has 0 radical (unpaired) electrons. The number of nitrogens with one attached hydrogen (secondary N) is 2. The summed E-state index contributed by atoms with van der Waals surface area (Å²) in [6, 6.07) is 15.1. The predicted molar refractivity (Wildman–Crippen MR) is 153 cm³/mol. The highest BCUT2D eigenvalue weighted by Crippen LogP contribution is 2.33. The van der Waals surface area contributed by atoms with E-state index in [0.29, 0.717) is 33.9 Å². The maximum Gasteiger partial charge on any atom is 0.262 e. The number of piperazine rings is 1. The molecule has 3 aliphatic rings. The van der Waals surface area contributed by atoms with Crippen LogP contribution in [0.5, 0.6) is 5.75 Å². The van der Waals surface area contributed by atoms with E-state index < -0.39 is 0 Å². The number of ether oxygens (including phenoxy) is 1. The molecule has 2 amide bonds. The second kappa shape index (κ2) is 11.3. The van der Waals surface area contributed by atoms with E-state index in [4.69, 9.17) is 15.5 Å². The lowest BCUT2D eigenvalue weighted by atomic mass is 9.95. The number of carbonyl (C=O) groups excluding carboxylic acids is 2. The van der Waals surface area contributed by atoms with Gasteiger partial charge < -0.3 is 15.8 Å². The zero-order valence-electron chi connectivity index (χ0n) is 21.9. The molecule has 2 aliphatic carbocycles. The van der Waals surface area contributed by atoms with Crippen LogP contribution in [-0.2, 0) is 17.6 Å². The summed E-state index contributed by atoms with van der Waals surface area (Å²) in [5, 5.41) is 6.36. The monoisotopic (exact) mass is 546 g/mol. The van der Waals surface area contributed by atoms with E-state index in [1.807, 2.05) is 0 Å². The van der Waals surface area contributed by atoms with E-state index in [0.717, 1.165) is 44.1 Å². The van der Waals surface area contributed by atoms with Gasteiger partial charge in [0.15, 0.2) is 11.7 Å². The van der Waals surface area contributed by atoms with Crippen molar-refractivity contribution in [2.75, 3.05) is 49.2 Å². The Morgan fingerprint density at radius 3 is 2.46 bits per heavy atom. The lowest BCUT2D eigenvalue weighted by molar-refractivity contribution is -0.118. The van der Waals surface area contributed by atoms with Crippen LogP contribution in [0.1, 0.15) is 40.2 Å². The quantitative estimate of drug-likeness (QED) is 0.370. The van der Waals surface area contributed by atoms with Gasteiger partial charge in [-0.2, -0.15) is 0 Å². The number of aryl methyl sites for hydroxylation is 1. The van der Waals surface area contributed by atoms with Crippen molar-refractivity contribution >= 4 is 39.7 Å². The van der Waals surface area contributed by atoms with Crippen molar-refractivity contribution in [2.45, 2.75) is 44.2 Å². The van der Waals surface area contributed by atoms with Crippen LogP contribution in [0.3, 0.4) is 0 Å². The van der Waals surface area contributed by atoms with Crippen molar-refractivity contribution in [1.82, 2.24) is 14.8 Å². The van der Waals surface area contributed by atoms with E-state index in [2.05, 4.69) is 20.4 Å². The first kappa shape index (κ1) is 25.8. The molecule has 3 aromatic rings. The van der Waals surface area contributed by atoms with Crippen LogP contribution in [0, 0.1) is 0 Å². The number of hydrogen-bond acceptors (Lipinski definition) is 8. The molecule has 4 N–H and O–H groups in total. The Morgan fingerprint density at radius 1 is 0.974 bits per heavy atom. The van der Waals surface area contributed by atoms with Crippen LogP contribution in [0.4, 0.5) is 16.5 Å². The molecule has 10 heteroatoms. The van der Waals surface area contributed by atoms with Crippen LogP contribution >= 0.6 is 11.3 Å². The van der Waals surface area contributed by atoms with Crippen LogP contribution in [0.2, 0.25) is 0 Å². The van der Waals surface area contributed by atoms with Gasteiger partial charge in [0.1, 0.15) is 5.75 Å². The Kier molecular flexibility index (Phi) is 7.49. The lowest BCUT2D eigenvalue weighted by Crippen LogP contribution is -2.52. The number of nitrogens with two attached hydrogens (primary N) is 1. The largest absolute Gasteiger partial charge is 0.484 e. The maximum atomic E-state index is 13.0. The molecule has 9 nitrogen and oxygen atoms in total. The number of fused-ring (bicyclic) bond motifs is 1. The molecule has 39 heavy (non-hydrogen) atoms. The van der Waals surface area contributed by atoms with E-state index in [-0.39, 0.29) is 18.4 Å². The lowest BCUT2D eigenvalue weighted by Gasteiger charge is -2.40. The first-order valence-electron chi connectivity index (χ1n) is 13.7. The predicted octanol–water partition coefficient (Wildman–Crippen LogP) is 3.63. The van der Waals surface area contributed by atoms with Crippen LogP contribution < -0.4 is 21.1 Å². The van der Waals surface area contributed by atoms with Crippen LogP contribution in [0.15, 0.2) is 48.5 Å². The number of anilines is 3. The fraction of sp³-hybridized carbons (Fsp3) is 0.414. The second-order valence-electron chi connectivity index (χ2n) is 10.5. The average Bonchev–Trinajstić information content (AvgIpc) is 3.73. The first-order valence-corrected chi connectivity index (χ1v) is 14.5. The summed E-state index contributed by atoms with van der Waals surface area (Å²) in [6.45, 7) is 4.51. The van der Waals surface area contributed by atoms with Gasteiger partial charge in [0, 0.05) is 60.1 Å². The molecule has 1 saturated heterocycles. The van der Waals surface area contributed by atoms with Gasteiger partial charge in [-0.05, 0) is 74.6 Å². The summed E-state index contributed by atoms with van der Waals surface area (Å²) >= 11 is 1.59. The average molecular weight is 547 g/mol. The second-order valence-corrected chi connectivity index (χ2v) is 11.6. The van der Waals surface area contributed by atoms with Gasteiger partial charge in [-0.15, -0.1) is 11.3 Å². The third-order valence-corrected chi connectivity index (χ3v) is 8.76. The van der Waals surface area contributed by atoms with Crippen LogP contribution in [-0.4, -0.2) is 71.5 Å². The number of amides is 2. The van der Waals surface area contributed by atoms with E-state index in [1.54, 1.807) is 59.9 Å². The summed E-state index contributed by atoms with van der Waals surface area (Å²) in [5.74, 6) is -0.102.